The van der Waals surface area contributed by atoms with Crippen LogP contribution in [0.3, 0.4) is 0 Å². The molecule has 1 aromatic heterocycles. The fourth-order valence-corrected chi connectivity index (χ4v) is 3.32. The highest BCUT2D eigenvalue weighted by atomic mass is 19.1. The second kappa shape index (κ2) is 8.26. The minimum Gasteiger partial charge on any atom is -0.355 e. The summed E-state index contributed by atoms with van der Waals surface area (Å²) < 4.78 is 13.3. The Labute approximate surface area is 157 Å². The number of carbonyl (C=O) groups is 2. The summed E-state index contributed by atoms with van der Waals surface area (Å²) in [6, 6.07) is 9.19. The molecule has 0 saturated carbocycles. The van der Waals surface area contributed by atoms with E-state index in [1.807, 2.05) is 18.9 Å². The summed E-state index contributed by atoms with van der Waals surface area (Å²) in [6.45, 7) is 3.08. The molecule has 2 amide bonds. The van der Waals surface area contributed by atoms with E-state index in [0.29, 0.717) is 36.3 Å². The molecule has 2 aromatic rings. The van der Waals surface area contributed by atoms with Crippen LogP contribution in [0.2, 0.25) is 0 Å². The molecule has 1 aliphatic heterocycles. The average Bonchev–Trinajstić information content (AvgIpc) is 3.02. The Balaban J connectivity index is 1.62. The predicted molar refractivity (Wildman–Crippen MR) is 101 cm³/mol. The van der Waals surface area contributed by atoms with Crippen LogP contribution in [0, 0.1) is 5.82 Å². The molecular weight excluding hydrogens is 347 g/mol. The third-order valence-electron chi connectivity index (χ3n) is 4.68. The van der Waals surface area contributed by atoms with Crippen molar-refractivity contribution in [3.05, 3.63) is 54.0 Å². The van der Waals surface area contributed by atoms with E-state index in [2.05, 4.69) is 15.6 Å². The van der Waals surface area contributed by atoms with Gasteiger partial charge < -0.3 is 10.6 Å². The molecule has 2 atom stereocenters. The van der Waals surface area contributed by atoms with Crippen molar-refractivity contribution in [2.24, 2.45) is 0 Å². The van der Waals surface area contributed by atoms with E-state index in [1.54, 1.807) is 24.3 Å². The first kappa shape index (κ1) is 19.0. The SMILES string of the molecule is CCNC(=O)C1CC(NC(=O)c2ccc(-c3cccc(F)c3)nc2)CN1C. The molecule has 2 unspecified atom stereocenters. The molecule has 1 aliphatic rings. The van der Waals surface area contributed by atoms with E-state index in [9.17, 15) is 14.0 Å². The van der Waals surface area contributed by atoms with E-state index in [0.717, 1.165) is 0 Å². The lowest BCUT2D eigenvalue weighted by atomic mass is 10.1. The smallest absolute Gasteiger partial charge is 0.253 e. The highest BCUT2D eigenvalue weighted by Crippen LogP contribution is 2.19. The van der Waals surface area contributed by atoms with Gasteiger partial charge in [-0.2, -0.15) is 0 Å². The number of likely N-dealkylation sites (N-methyl/N-ethyl adjacent to an activating group) is 2. The largest absolute Gasteiger partial charge is 0.355 e. The third-order valence-corrected chi connectivity index (χ3v) is 4.68. The van der Waals surface area contributed by atoms with Gasteiger partial charge in [0.1, 0.15) is 5.82 Å². The molecule has 3 rings (SSSR count). The van der Waals surface area contributed by atoms with Gasteiger partial charge in [-0.25, -0.2) is 4.39 Å². The first-order valence-corrected chi connectivity index (χ1v) is 8.98. The van der Waals surface area contributed by atoms with Crippen molar-refractivity contribution >= 4 is 11.8 Å². The summed E-state index contributed by atoms with van der Waals surface area (Å²) in [7, 11) is 1.88. The van der Waals surface area contributed by atoms with Crippen LogP contribution in [-0.2, 0) is 4.79 Å². The van der Waals surface area contributed by atoms with Crippen molar-refractivity contribution in [1.29, 1.82) is 0 Å². The minimum atomic E-state index is -0.330. The molecule has 7 heteroatoms. The van der Waals surface area contributed by atoms with Crippen LogP contribution in [0.15, 0.2) is 42.6 Å². The number of hydrogen-bond acceptors (Lipinski definition) is 4. The zero-order valence-corrected chi connectivity index (χ0v) is 15.4. The standard InChI is InChI=1S/C20H23FN4O2/c1-3-22-20(27)18-10-16(12-25(18)2)24-19(26)14-7-8-17(23-11-14)13-5-4-6-15(21)9-13/h4-9,11,16,18H,3,10,12H2,1-2H3,(H,22,27)(H,24,26). The molecule has 1 aromatic carbocycles. The van der Waals surface area contributed by atoms with Crippen LogP contribution in [0.1, 0.15) is 23.7 Å². The number of benzene rings is 1. The molecule has 142 valence electrons. The molecule has 0 spiro atoms. The van der Waals surface area contributed by atoms with Gasteiger partial charge in [0.15, 0.2) is 0 Å². The minimum absolute atomic E-state index is 0.0159. The van der Waals surface area contributed by atoms with Crippen molar-refractivity contribution in [1.82, 2.24) is 20.5 Å². The highest BCUT2D eigenvalue weighted by molar-refractivity contribution is 5.94. The fraction of sp³-hybridized carbons (Fsp3) is 0.350. The lowest BCUT2D eigenvalue weighted by molar-refractivity contribution is -0.124. The van der Waals surface area contributed by atoms with Crippen LogP contribution >= 0.6 is 0 Å². The number of carbonyl (C=O) groups excluding carboxylic acids is 2. The van der Waals surface area contributed by atoms with E-state index < -0.39 is 0 Å². The lowest BCUT2D eigenvalue weighted by Gasteiger charge is -2.17. The molecule has 1 saturated heterocycles. The molecule has 2 N–H and O–H groups in total. The third kappa shape index (κ3) is 4.49. The highest BCUT2D eigenvalue weighted by Gasteiger charge is 2.34. The number of nitrogens with zero attached hydrogens (tertiary/aromatic N) is 2. The molecule has 27 heavy (non-hydrogen) atoms. The Bertz CT molecular complexity index is 825. The normalized spacial score (nSPS) is 19.7. The van der Waals surface area contributed by atoms with Crippen molar-refractivity contribution < 1.29 is 14.0 Å². The first-order chi connectivity index (χ1) is 13.0. The van der Waals surface area contributed by atoms with Crippen molar-refractivity contribution in [3.63, 3.8) is 0 Å². The molecule has 0 radical (unpaired) electrons. The quantitative estimate of drug-likeness (QED) is 0.842. The number of nitrogens with one attached hydrogen (secondary N) is 2. The summed E-state index contributed by atoms with van der Waals surface area (Å²) in [6.07, 6.45) is 2.05. The summed E-state index contributed by atoms with van der Waals surface area (Å²) >= 11 is 0. The van der Waals surface area contributed by atoms with Gasteiger partial charge in [0.2, 0.25) is 5.91 Å². The van der Waals surface area contributed by atoms with Gasteiger partial charge in [0, 0.05) is 30.9 Å². The van der Waals surface area contributed by atoms with Crippen LogP contribution in [0.5, 0.6) is 0 Å². The van der Waals surface area contributed by atoms with Gasteiger partial charge in [0.05, 0.1) is 17.3 Å². The number of likely N-dealkylation sites (tertiary alicyclic amines) is 1. The monoisotopic (exact) mass is 370 g/mol. The van der Waals surface area contributed by atoms with Gasteiger partial charge >= 0.3 is 0 Å². The van der Waals surface area contributed by atoms with Crippen molar-refractivity contribution in [2.75, 3.05) is 20.1 Å². The van der Waals surface area contributed by atoms with Crippen LogP contribution in [0.25, 0.3) is 11.3 Å². The first-order valence-electron chi connectivity index (χ1n) is 8.98. The molecule has 0 bridgehead atoms. The predicted octanol–water partition coefficient (Wildman–Crippen LogP) is 1.83. The van der Waals surface area contributed by atoms with Crippen LogP contribution in [-0.4, -0.2) is 53.9 Å². The Hall–Kier alpha value is -2.80. The van der Waals surface area contributed by atoms with Gasteiger partial charge in [0.25, 0.3) is 5.91 Å². The van der Waals surface area contributed by atoms with Gasteiger partial charge in [-0.15, -0.1) is 0 Å². The summed E-state index contributed by atoms with van der Waals surface area (Å²) in [4.78, 5) is 30.7. The van der Waals surface area contributed by atoms with Gasteiger partial charge in [-0.05, 0) is 44.7 Å². The van der Waals surface area contributed by atoms with Gasteiger partial charge in [-0.3, -0.25) is 19.5 Å². The fourth-order valence-electron chi connectivity index (χ4n) is 3.32. The maximum Gasteiger partial charge on any atom is 0.253 e. The number of rotatable bonds is 5. The Morgan fingerprint density at radius 1 is 1.30 bits per heavy atom. The number of pyridine rings is 1. The second-order valence-corrected chi connectivity index (χ2v) is 6.70. The lowest BCUT2D eigenvalue weighted by Crippen LogP contribution is -2.41. The Morgan fingerprint density at radius 3 is 2.78 bits per heavy atom. The Kier molecular flexibility index (Phi) is 5.81. The van der Waals surface area contributed by atoms with Crippen molar-refractivity contribution in [2.45, 2.75) is 25.4 Å². The van der Waals surface area contributed by atoms with Crippen LogP contribution < -0.4 is 10.6 Å². The van der Waals surface area contributed by atoms with Crippen LogP contribution in [0.4, 0.5) is 4.39 Å². The van der Waals surface area contributed by atoms with Gasteiger partial charge in [-0.1, -0.05) is 12.1 Å². The van der Waals surface area contributed by atoms with Crippen molar-refractivity contribution in [3.8, 4) is 11.3 Å². The molecule has 6 nitrogen and oxygen atoms in total. The molecule has 2 heterocycles. The average molecular weight is 370 g/mol. The number of aromatic nitrogens is 1. The number of amides is 2. The number of halogens is 1. The molecular formula is C20H23FN4O2. The second-order valence-electron chi connectivity index (χ2n) is 6.70. The zero-order chi connectivity index (χ0) is 19.4. The summed E-state index contributed by atoms with van der Waals surface area (Å²) in [5.41, 5.74) is 1.69. The Morgan fingerprint density at radius 2 is 2.11 bits per heavy atom. The summed E-state index contributed by atoms with van der Waals surface area (Å²) in [5.74, 6) is -0.579. The topological polar surface area (TPSA) is 74.3 Å². The van der Waals surface area contributed by atoms with E-state index in [1.165, 1.54) is 18.3 Å². The van der Waals surface area contributed by atoms with E-state index >= 15 is 0 Å². The maximum absolute atomic E-state index is 13.3. The summed E-state index contributed by atoms with van der Waals surface area (Å²) in [5, 5.41) is 5.78. The van der Waals surface area contributed by atoms with E-state index in [4.69, 9.17) is 0 Å². The number of hydrogen-bond donors (Lipinski definition) is 2. The maximum atomic E-state index is 13.3. The van der Waals surface area contributed by atoms with E-state index in [-0.39, 0.29) is 29.7 Å². The molecule has 1 fully saturated rings. The molecule has 0 aliphatic carbocycles. The zero-order valence-electron chi connectivity index (χ0n) is 15.4.